The van der Waals surface area contributed by atoms with Crippen molar-refractivity contribution >= 4 is 10.4 Å². The van der Waals surface area contributed by atoms with E-state index in [1.807, 2.05) is 0 Å². The van der Waals surface area contributed by atoms with E-state index in [1.54, 1.807) is 0 Å². The molecule has 1 heterocycles. The molecule has 0 amide bonds. The maximum Gasteiger partial charge on any atom is 0.429 e. The largest absolute Gasteiger partial charge is 0.429 e. The van der Waals surface area contributed by atoms with Crippen LogP contribution in [0.4, 0.5) is 0 Å². The summed E-state index contributed by atoms with van der Waals surface area (Å²) < 4.78 is 28.9. The van der Waals surface area contributed by atoms with Gasteiger partial charge in [-0.2, -0.15) is 8.42 Å². The van der Waals surface area contributed by atoms with E-state index in [0.29, 0.717) is 0 Å². The topological polar surface area (TPSA) is 117 Å². The van der Waals surface area contributed by atoms with Crippen molar-refractivity contribution in [1.29, 1.82) is 0 Å². The molecule has 1 saturated heterocycles. The Bertz CT molecular complexity index is 214. The van der Waals surface area contributed by atoms with Gasteiger partial charge in [-0.05, 0) is 30.2 Å². The highest BCUT2D eigenvalue weighted by Gasteiger charge is 2.15. The van der Waals surface area contributed by atoms with Gasteiger partial charge in [-0.1, -0.05) is 4.33 Å². The van der Waals surface area contributed by atoms with Crippen molar-refractivity contribution in [3.05, 3.63) is 0 Å². The van der Waals surface area contributed by atoms with Crippen LogP contribution in [0.5, 0.6) is 0 Å². The fraction of sp³-hybridized carbons (Fsp3) is 1.00. The summed E-state index contributed by atoms with van der Waals surface area (Å²) in [5, 5.41) is 21.5. The molecule has 11 nitrogen and oxygen atoms in total. The number of hydrogen-bond donors (Lipinski definition) is 0. The van der Waals surface area contributed by atoms with Crippen LogP contribution >= 0.6 is 0 Å². The number of hydrogen-bond acceptors (Lipinski definition) is 11. The molecule has 84 valence electrons. The second kappa shape index (κ2) is 6.14. The molecule has 0 aromatic heterocycles. The van der Waals surface area contributed by atoms with Gasteiger partial charge in [0.15, 0.2) is 0 Å². The molecule has 0 unspecified atom stereocenters. The van der Waals surface area contributed by atoms with Crippen LogP contribution in [0.1, 0.15) is 0 Å². The van der Waals surface area contributed by atoms with Crippen LogP contribution in [0.15, 0.2) is 0 Å². The summed E-state index contributed by atoms with van der Waals surface area (Å²) in [4.78, 5) is 4.13. The molecule has 14 heavy (non-hydrogen) atoms. The minimum absolute atomic E-state index is 0.285. The van der Waals surface area contributed by atoms with Crippen molar-refractivity contribution in [2.75, 3.05) is 13.2 Å². The molecular formula is C2H4O11S. The van der Waals surface area contributed by atoms with Crippen molar-refractivity contribution in [2.45, 2.75) is 0 Å². The van der Waals surface area contributed by atoms with E-state index >= 15 is 0 Å². The lowest BCUT2D eigenvalue weighted by Gasteiger charge is -2.04. The zero-order valence-corrected chi connectivity index (χ0v) is 7.13. The third kappa shape index (κ3) is 5.35. The SMILES string of the molecule is O=S1(=O)OCCOOOOOOOO1. The lowest BCUT2D eigenvalue weighted by atomic mass is 10.8. The monoisotopic (exact) mass is 236 g/mol. The summed E-state index contributed by atoms with van der Waals surface area (Å²) in [6, 6.07) is 0. The highest BCUT2D eigenvalue weighted by atomic mass is 32.3. The molecule has 0 bridgehead atoms. The maximum absolute atomic E-state index is 10.6. The van der Waals surface area contributed by atoms with Gasteiger partial charge in [0.2, 0.25) is 0 Å². The molecule has 0 radical (unpaired) electrons. The first-order valence-electron chi connectivity index (χ1n) is 2.91. The van der Waals surface area contributed by atoms with Gasteiger partial charge in [0.1, 0.15) is 6.61 Å². The first-order valence-corrected chi connectivity index (χ1v) is 4.24. The van der Waals surface area contributed by atoms with E-state index in [-0.39, 0.29) is 6.61 Å². The first kappa shape index (κ1) is 11.7. The predicted octanol–water partition coefficient (Wildman–Crippen LogP) is -1.20. The third-order valence-electron chi connectivity index (χ3n) is 0.692. The van der Waals surface area contributed by atoms with Crippen molar-refractivity contribution in [1.82, 2.24) is 0 Å². The number of rotatable bonds is 0. The van der Waals surface area contributed by atoms with E-state index < -0.39 is 17.0 Å². The molecule has 0 saturated carbocycles. The van der Waals surface area contributed by atoms with Crippen LogP contribution in [0.2, 0.25) is 0 Å². The predicted molar refractivity (Wildman–Crippen MR) is 28.4 cm³/mol. The Labute approximate surface area is 76.7 Å². The molecule has 1 rings (SSSR count). The summed E-state index contributed by atoms with van der Waals surface area (Å²) in [6.07, 6.45) is 0. The minimum atomic E-state index is -4.37. The molecule has 1 aliphatic rings. The maximum atomic E-state index is 10.6. The van der Waals surface area contributed by atoms with Crippen molar-refractivity contribution in [3.8, 4) is 0 Å². The Hall–Kier alpha value is -0.410. The zero-order chi connectivity index (χ0) is 10.3. The van der Waals surface area contributed by atoms with E-state index in [4.69, 9.17) is 0 Å². The van der Waals surface area contributed by atoms with Crippen molar-refractivity contribution < 1.29 is 52.1 Å². The van der Waals surface area contributed by atoms with Gasteiger partial charge >= 0.3 is 10.4 Å². The van der Waals surface area contributed by atoms with Crippen LogP contribution in [-0.4, -0.2) is 21.6 Å². The quantitative estimate of drug-likeness (QED) is 0.471. The van der Waals surface area contributed by atoms with Gasteiger partial charge in [0.25, 0.3) is 0 Å². The molecule has 1 aliphatic heterocycles. The van der Waals surface area contributed by atoms with E-state index in [2.05, 4.69) is 43.6 Å². The first-order chi connectivity index (χ1) is 6.71. The molecule has 0 aromatic carbocycles. The molecule has 0 N–H and O–H groups in total. The van der Waals surface area contributed by atoms with E-state index in [0.717, 1.165) is 0 Å². The summed E-state index contributed by atoms with van der Waals surface area (Å²) >= 11 is 0. The highest BCUT2D eigenvalue weighted by Crippen LogP contribution is 1.99. The fourth-order valence-electron chi connectivity index (χ4n) is 0.334. The van der Waals surface area contributed by atoms with E-state index in [1.165, 1.54) is 0 Å². The van der Waals surface area contributed by atoms with Crippen LogP contribution < -0.4 is 0 Å². The zero-order valence-electron chi connectivity index (χ0n) is 6.31. The average Bonchev–Trinajstić information content (AvgIpc) is 2.11. The van der Waals surface area contributed by atoms with Gasteiger partial charge in [-0.3, -0.25) is 0 Å². The highest BCUT2D eigenvalue weighted by molar-refractivity contribution is 7.81. The molecule has 0 spiro atoms. The van der Waals surface area contributed by atoms with E-state index in [9.17, 15) is 8.42 Å². The second-order valence-corrected chi connectivity index (χ2v) is 2.72. The Morgan fingerprint density at radius 1 is 0.786 bits per heavy atom. The molecule has 12 heteroatoms. The fourth-order valence-corrected chi connectivity index (χ4v) is 0.736. The van der Waals surface area contributed by atoms with Gasteiger partial charge in [0.05, 0.1) is 6.61 Å². The summed E-state index contributed by atoms with van der Waals surface area (Å²) in [6.45, 7) is -0.692. The molecule has 0 aliphatic carbocycles. The molecule has 1 fully saturated rings. The van der Waals surface area contributed by atoms with Gasteiger partial charge < -0.3 is 0 Å². The smallest absolute Gasteiger partial charge is 0.244 e. The molecule has 0 atom stereocenters. The van der Waals surface area contributed by atoms with Crippen LogP contribution in [0.25, 0.3) is 0 Å². The molecule has 0 aromatic rings. The van der Waals surface area contributed by atoms with Crippen LogP contribution in [0, 0.1) is 0 Å². The Kier molecular flexibility index (Phi) is 5.12. The third-order valence-corrected chi connectivity index (χ3v) is 1.37. The Morgan fingerprint density at radius 3 is 2.21 bits per heavy atom. The minimum Gasteiger partial charge on any atom is -0.244 e. The van der Waals surface area contributed by atoms with Crippen molar-refractivity contribution in [3.63, 3.8) is 0 Å². The summed E-state index contributed by atoms with van der Waals surface area (Å²) in [5.41, 5.74) is 0. The Morgan fingerprint density at radius 2 is 1.43 bits per heavy atom. The standard InChI is InChI=1S/C2H4O11S/c3-14(4)6-2-1-5-7-8-9-10-11-12-13-14/h1-2H2. The summed E-state index contributed by atoms with van der Waals surface area (Å²) in [7, 11) is -4.37. The van der Waals surface area contributed by atoms with Crippen LogP contribution in [-0.2, 0) is 54.0 Å². The van der Waals surface area contributed by atoms with Gasteiger partial charge in [0, 0.05) is 0 Å². The normalized spacial score (nSPS) is 26.0. The second-order valence-electron chi connectivity index (χ2n) is 1.53. The van der Waals surface area contributed by atoms with Gasteiger partial charge in [-0.25, -0.2) is 9.07 Å². The summed E-state index contributed by atoms with van der Waals surface area (Å²) in [5.74, 6) is 0. The van der Waals surface area contributed by atoms with Crippen molar-refractivity contribution in [2.24, 2.45) is 0 Å². The average molecular weight is 236 g/mol. The Balaban J connectivity index is 2.32. The lowest BCUT2D eigenvalue weighted by molar-refractivity contribution is -0.808. The van der Waals surface area contributed by atoms with Crippen LogP contribution in [0.3, 0.4) is 0 Å². The lowest BCUT2D eigenvalue weighted by Crippen LogP contribution is -2.16. The molecular weight excluding hydrogens is 232 g/mol. The van der Waals surface area contributed by atoms with Gasteiger partial charge in [-0.15, -0.1) is 0 Å².